The highest BCUT2D eigenvalue weighted by Gasteiger charge is 2.09. The van der Waals surface area contributed by atoms with E-state index in [9.17, 15) is 4.79 Å². The number of hydrogen-bond donors (Lipinski definition) is 2. The van der Waals surface area contributed by atoms with Gasteiger partial charge in [0, 0.05) is 33.9 Å². The average molecular weight is 300 g/mol. The van der Waals surface area contributed by atoms with Gasteiger partial charge in [-0.2, -0.15) is 0 Å². The highest BCUT2D eigenvalue weighted by molar-refractivity contribution is 6.09. The number of benzene rings is 3. The molecule has 0 saturated heterocycles. The lowest BCUT2D eigenvalue weighted by atomic mass is 10.1. The highest BCUT2D eigenvalue weighted by Crippen LogP contribution is 2.25. The minimum atomic E-state index is -0.0607. The minimum Gasteiger partial charge on any atom is -0.354 e. The van der Waals surface area contributed by atoms with Crippen molar-refractivity contribution in [2.45, 2.75) is 6.54 Å². The smallest absolute Gasteiger partial charge is 0.251 e. The summed E-state index contributed by atoms with van der Waals surface area (Å²) in [5.74, 6) is -0.0607. The largest absolute Gasteiger partial charge is 0.354 e. The van der Waals surface area contributed by atoms with Crippen molar-refractivity contribution in [2.75, 3.05) is 0 Å². The Morgan fingerprint density at radius 3 is 2.43 bits per heavy atom. The van der Waals surface area contributed by atoms with Gasteiger partial charge in [-0.25, -0.2) is 0 Å². The number of amides is 1. The van der Waals surface area contributed by atoms with Crippen LogP contribution in [0.3, 0.4) is 0 Å². The predicted molar refractivity (Wildman–Crippen MR) is 93.4 cm³/mol. The summed E-state index contributed by atoms with van der Waals surface area (Å²) in [6, 6.07) is 23.9. The second kappa shape index (κ2) is 5.61. The Bertz CT molecular complexity index is 986. The van der Waals surface area contributed by atoms with Gasteiger partial charge < -0.3 is 10.3 Å². The van der Waals surface area contributed by atoms with Crippen LogP contribution in [0.25, 0.3) is 21.8 Å². The van der Waals surface area contributed by atoms with Crippen molar-refractivity contribution in [3.63, 3.8) is 0 Å². The van der Waals surface area contributed by atoms with Crippen molar-refractivity contribution in [3.8, 4) is 0 Å². The number of aromatic amines is 1. The van der Waals surface area contributed by atoms with E-state index in [1.807, 2.05) is 66.7 Å². The lowest BCUT2D eigenvalue weighted by Crippen LogP contribution is -2.22. The number of hydrogen-bond acceptors (Lipinski definition) is 1. The molecule has 0 aliphatic rings. The maximum Gasteiger partial charge on any atom is 0.251 e. The molecule has 1 amide bonds. The Balaban J connectivity index is 1.61. The molecule has 2 N–H and O–H groups in total. The van der Waals surface area contributed by atoms with Gasteiger partial charge in [-0.3, -0.25) is 4.79 Å². The maximum absolute atomic E-state index is 12.4. The third-order valence-corrected chi connectivity index (χ3v) is 4.06. The van der Waals surface area contributed by atoms with Gasteiger partial charge in [0.05, 0.1) is 0 Å². The standard InChI is InChI=1S/C20H16N2O/c23-20(21-13-14-6-2-1-3-7-14)15-10-11-17-16-8-4-5-9-18(16)22-19(17)12-15/h1-12,22H,13H2,(H,21,23). The molecule has 0 aliphatic carbocycles. The van der Waals surface area contributed by atoms with Gasteiger partial charge in [0.2, 0.25) is 0 Å². The van der Waals surface area contributed by atoms with Gasteiger partial charge in [0.15, 0.2) is 0 Å². The van der Waals surface area contributed by atoms with E-state index < -0.39 is 0 Å². The van der Waals surface area contributed by atoms with Gasteiger partial charge in [-0.05, 0) is 23.8 Å². The van der Waals surface area contributed by atoms with E-state index in [0.29, 0.717) is 12.1 Å². The molecule has 0 bridgehead atoms. The Morgan fingerprint density at radius 1 is 0.826 bits per heavy atom. The Kier molecular flexibility index (Phi) is 3.31. The van der Waals surface area contributed by atoms with E-state index in [1.165, 1.54) is 5.39 Å². The first-order valence-electron chi connectivity index (χ1n) is 7.64. The summed E-state index contributed by atoms with van der Waals surface area (Å²) in [6.45, 7) is 0.532. The summed E-state index contributed by atoms with van der Waals surface area (Å²) >= 11 is 0. The minimum absolute atomic E-state index is 0.0607. The molecule has 23 heavy (non-hydrogen) atoms. The lowest BCUT2D eigenvalue weighted by Gasteiger charge is -2.05. The van der Waals surface area contributed by atoms with Gasteiger partial charge in [0.25, 0.3) is 5.91 Å². The fourth-order valence-corrected chi connectivity index (χ4v) is 2.88. The SMILES string of the molecule is O=C(NCc1ccccc1)c1ccc2c(c1)[nH]c1ccccc12. The molecule has 0 fully saturated rings. The van der Waals surface area contributed by atoms with Gasteiger partial charge >= 0.3 is 0 Å². The zero-order chi connectivity index (χ0) is 15.6. The Hall–Kier alpha value is -3.07. The number of H-pyrrole nitrogens is 1. The summed E-state index contributed by atoms with van der Waals surface area (Å²) in [5, 5.41) is 5.28. The zero-order valence-electron chi connectivity index (χ0n) is 12.5. The van der Waals surface area contributed by atoms with Crippen LogP contribution in [0, 0.1) is 0 Å². The third-order valence-electron chi connectivity index (χ3n) is 4.06. The van der Waals surface area contributed by atoms with Crippen LogP contribution >= 0.6 is 0 Å². The number of carbonyl (C=O) groups excluding carboxylic acids is 1. The summed E-state index contributed by atoms with van der Waals surface area (Å²) in [4.78, 5) is 15.7. The summed E-state index contributed by atoms with van der Waals surface area (Å²) in [7, 11) is 0. The van der Waals surface area contributed by atoms with Crippen LogP contribution in [0.15, 0.2) is 72.8 Å². The van der Waals surface area contributed by atoms with Gasteiger partial charge in [-0.1, -0.05) is 54.6 Å². The van der Waals surface area contributed by atoms with Crippen LogP contribution in [0.1, 0.15) is 15.9 Å². The number of aromatic nitrogens is 1. The van der Waals surface area contributed by atoms with Crippen LogP contribution in [-0.4, -0.2) is 10.9 Å². The molecule has 0 saturated carbocycles. The van der Waals surface area contributed by atoms with Gasteiger partial charge in [-0.15, -0.1) is 0 Å². The number of rotatable bonds is 3. The molecule has 3 nitrogen and oxygen atoms in total. The van der Waals surface area contributed by atoms with Crippen molar-refractivity contribution in [1.82, 2.24) is 10.3 Å². The first-order chi connectivity index (χ1) is 11.3. The molecule has 0 aliphatic heterocycles. The van der Waals surface area contributed by atoms with E-state index in [2.05, 4.69) is 16.4 Å². The Morgan fingerprint density at radius 2 is 1.57 bits per heavy atom. The van der Waals surface area contributed by atoms with Gasteiger partial charge in [0.1, 0.15) is 0 Å². The number of para-hydroxylation sites is 1. The lowest BCUT2D eigenvalue weighted by molar-refractivity contribution is 0.0951. The topological polar surface area (TPSA) is 44.9 Å². The molecule has 0 spiro atoms. The quantitative estimate of drug-likeness (QED) is 0.583. The molecule has 3 aromatic carbocycles. The molecule has 4 aromatic rings. The summed E-state index contributed by atoms with van der Waals surface area (Å²) in [6.07, 6.45) is 0. The molecule has 0 radical (unpaired) electrons. The van der Waals surface area contributed by atoms with Crippen molar-refractivity contribution < 1.29 is 4.79 Å². The van der Waals surface area contributed by atoms with E-state index in [-0.39, 0.29) is 5.91 Å². The van der Waals surface area contributed by atoms with Crippen LogP contribution in [-0.2, 0) is 6.54 Å². The molecular formula is C20H16N2O. The fourth-order valence-electron chi connectivity index (χ4n) is 2.88. The van der Waals surface area contributed by atoms with Crippen LogP contribution in [0.5, 0.6) is 0 Å². The van der Waals surface area contributed by atoms with Crippen molar-refractivity contribution in [2.24, 2.45) is 0 Å². The van der Waals surface area contributed by atoms with E-state index in [1.54, 1.807) is 0 Å². The predicted octanol–water partition coefficient (Wildman–Crippen LogP) is 4.25. The average Bonchev–Trinajstić information content (AvgIpc) is 2.98. The number of fused-ring (bicyclic) bond motifs is 3. The summed E-state index contributed by atoms with van der Waals surface area (Å²) < 4.78 is 0. The molecule has 3 heteroatoms. The number of carbonyl (C=O) groups is 1. The molecule has 1 aromatic heterocycles. The molecule has 112 valence electrons. The van der Waals surface area contributed by atoms with Crippen molar-refractivity contribution >= 4 is 27.7 Å². The Labute approximate surface area is 134 Å². The fraction of sp³-hybridized carbons (Fsp3) is 0.0500. The highest BCUT2D eigenvalue weighted by atomic mass is 16.1. The summed E-state index contributed by atoms with van der Waals surface area (Å²) in [5.41, 5.74) is 3.83. The van der Waals surface area contributed by atoms with E-state index >= 15 is 0 Å². The van der Waals surface area contributed by atoms with Crippen molar-refractivity contribution in [1.29, 1.82) is 0 Å². The third kappa shape index (κ3) is 2.57. The number of nitrogens with one attached hydrogen (secondary N) is 2. The van der Waals surface area contributed by atoms with E-state index in [4.69, 9.17) is 0 Å². The van der Waals surface area contributed by atoms with Crippen LogP contribution in [0.4, 0.5) is 0 Å². The van der Waals surface area contributed by atoms with Crippen LogP contribution in [0.2, 0.25) is 0 Å². The van der Waals surface area contributed by atoms with E-state index in [0.717, 1.165) is 22.0 Å². The maximum atomic E-state index is 12.4. The molecule has 4 rings (SSSR count). The molecule has 1 heterocycles. The molecular weight excluding hydrogens is 284 g/mol. The monoisotopic (exact) mass is 300 g/mol. The second-order valence-electron chi connectivity index (χ2n) is 5.60. The normalized spacial score (nSPS) is 11.0. The zero-order valence-corrected chi connectivity index (χ0v) is 12.5. The second-order valence-corrected chi connectivity index (χ2v) is 5.60. The van der Waals surface area contributed by atoms with Crippen LogP contribution < -0.4 is 5.32 Å². The first kappa shape index (κ1) is 13.6. The molecule has 0 unspecified atom stereocenters. The van der Waals surface area contributed by atoms with Crippen molar-refractivity contribution in [3.05, 3.63) is 83.9 Å². The molecule has 0 atom stereocenters. The first-order valence-corrected chi connectivity index (χ1v) is 7.64.